The number of aromatic nitrogens is 4. The van der Waals surface area contributed by atoms with Crippen molar-refractivity contribution in [3.63, 3.8) is 0 Å². The number of aryl methyl sites for hydroxylation is 3. The summed E-state index contributed by atoms with van der Waals surface area (Å²) in [6.07, 6.45) is 1.73. The van der Waals surface area contributed by atoms with Crippen molar-refractivity contribution in [3.05, 3.63) is 29.4 Å². The van der Waals surface area contributed by atoms with Crippen LogP contribution in [0.1, 0.15) is 23.2 Å². The molecule has 0 radical (unpaired) electrons. The van der Waals surface area contributed by atoms with Crippen molar-refractivity contribution < 1.29 is 4.42 Å². The van der Waals surface area contributed by atoms with E-state index in [0.717, 1.165) is 17.2 Å². The van der Waals surface area contributed by atoms with E-state index in [1.54, 1.807) is 13.1 Å². The lowest BCUT2D eigenvalue weighted by atomic mass is 10.4. The van der Waals surface area contributed by atoms with Crippen molar-refractivity contribution in [3.8, 4) is 0 Å². The zero-order valence-electron chi connectivity index (χ0n) is 9.48. The molecule has 0 bridgehead atoms. The minimum absolute atomic E-state index is 0.458. The van der Waals surface area contributed by atoms with Gasteiger partial charge in [-0.1, -0.05) is 0 Å². The maximum atomic E-state index is 5.24. The molecule has 84 valence electrons. The predicted molar refractivity (Wildman–Crippen MR) is 57.9 cm³/mol. The molecule has 1 N–H and O–H groups in total. The van der Waals surface area contributed by atoms with Gasteiger partial charge in [0, 0.05) is 13.1 Å². The molecule has 6 heteroatoms. The Morgan fingerprint density at radius 2 is 2.06 bits per heavy atom. The number of hydrogen-bond donors (Lipinski definition) is 1. The van der Waals surface area contributed by atoms with E-state index in [1.807, 2.05) is 13.8 Å². The predicted octanol–water partition coefficient (Wildman–Crippen LogP) is 1.40. The molecule has 0 amide bonds. The highest BCUT2D eigenvalue weighted by atomic mass is 16.4. The van der Waals surface area contributed by atoms with Crippen LogP contribution in [0.15, 0.2) is 10.6 Å². The van der Waals surface area contributed by atoms with E-state index in [0.29, 0.717) is 18.3 Å². The Morgan fingerprint density at radius 1 is 1.25 bits per heavy atom. The van der Waals surface area contributed by atoms with E-state index in [4.69, 9.17) is 4.42 Å². The Hall–Kier alpha value is -1.98. The minimum Gasteiger partial charge on any atom is -0.424 e. The van der Waals surface area contributed by atoms with E-state index in [1.165, 1.54) is 0 Å². The van der Waals surface area contributed by atoms with Crippen molar-refractivity contribution in [2.24, 2.45) is 0 Å². The molecule has 0 aliphatic carbocycles. The van der Waals surface area contributed by atoms with Crippen LogP contribution in [0.5, 0.6) is 0 Å². The first kappa shape index (κ1) is 10.5. The van der Waals surface area contributed by atoms with Crippen LogP contribution in [-0.2, 0) is 6.54 Å². The number of anilines is 1. The second-order valence-electron chi connectivity index (χ2n) is 3.51. The van der Waals surface area contributed by atoms with Gasteiger partial charge in [-0.2, -0.15) is 0 Å². The Bertz CT molecular complexity index is 494. The summed E-state index contributed by atoms with van der Waals surface area (Å²) in [5.41, 5.74) is 1.72. The number of rotatable bonds is 3. The first-order chi connectivity index (χ1) is 7.65. The molecule has 2 aromatic heterocycles. The van der Waals surface area contributed by atoms with E-state index in [9.17, 15) is 0 Å². The van der Waals surface area contributed by atoms with E-state index < -0.39 is 0 Å². The molecule has 16 heavy (non-hydrogen) atoms. The Morgan fingerprint density at radius 3 is 2.75 bits per heavy atom. The van der Waals surface area contributed by atoms with Gasteiger partial charge < -0.3 is 9.73 Å². The average Bonchev–Trinajstić information content (AvgIpc) is 2.66. The quantitative estimate of drug-likeness (QED) is 0.840. The fourth-order valence-electron chi connectivity index (χ4n) is 1.27. The highest BCUT2D eigenvalue weighted by Crippen LogP contribution is 2.10. The molecule has 0 spiro atoms. The second-order valence-corrected chi connectivity index (χ2v) is 3.51. The van der Waals surface area contributed by atoms with Crippen LogP contribution in [0, 0.1) is 20.8 Å². The molecule has 0 aromatic carbocycles. The maximum Gasteiger partial charge on any atom is 0.235 e. The Labute approximate surface area is 93.1 Å². The highest BCUT2D eigenvalue weighted by molar-refractivity contribution is 5.39. The van der Waals surface area contributed by atoms with Gasteiger partial charge in [0.1, 0.15) is 5.82 Å². The summed E-state index contributed by atoms with van der Waals surface area (Å²) in [6.45, 7) is 6.01. The van der Waals surface area contributed by atoms with Gasteiger partial charge in [0.2, 0.25) is 11.8 Å². The normalized spacial score (nSPS) is 10.4. The molecule has 0 atom stereocenters. The summed E-state index contributed by atoms with van der Waals surface area (Å²) in [4.78, 5) is 8.54. The largest absolute Gasteiger partial charge is 0.424 e. The molecule has 0 saturated carbocycles. The fourth-order valence-corrected chi connectivity index (χ4v) is 1.27. The molecule has 0 aliphatic heterocycles. The lowest BCUT2D eigenvalue weighted by molar-refractivity contribution is 0.474. The van der Waals surface area contributed by atoms with Gasteiger partial charge >= 0.3 is 0 Å². The van der Waals surface area contributed by atoms with Crippen LogP contribution in [0.3, 0.4) is 0 Å². The minimum atomic E-state index is 0.458. The van der Waals surface area contributed by atoms with E-state index >= 15 is 0 Å². The van der Waals surface area contributed by atoms with Crippen molar-refractivity contribution in [2.45, 2.75) is 27.3 Å². The zero-order valence-corrected chi connectivity index (χ0v) is 9.48. The summed E-state index contributed by atoms with van der Waals surface area (Å²) in [7, 11) is 0. The van der Waals surface area contributed by atoms with Gasteiger partial charge in [-0.15, -0.1) is 10.2 Å². The summed E-state index contributed by atoms with van der Waals surface area (Å²) in [6, 6.07) is 0. The number of hydrogen-bond acceptors (Lipinski definition) is 6. The third kappa shape index (κ3) is 2.33. The first-order valence-corrected chi connectivity index (χ1v) is 4.98. The zero-order chi connectivity index (χ0) is 11.5. The monoisotopic (exact) mass is 219 g/mol. The van der Waals surface area contributed by atoms with Gasteiger partial charge in [0.15, 0.2) is 0 Å². The fraction of sp³-hybridized carbons (Fsp3) is 0.400. The van der Waals surface area contributed by atoms with Gasteiger partial charge in [0.05, 0.1) is 17.9 Å². The van der Waals surface area contributed by atoms with Crippen LogP contribution in [-0.4, -0.2) is 20.2 Å². The summed E-state index contributed by atoms with van der Waals surface area (Å²) in [5, 5.41) is 10.7. The summed E-state index contributed by atoms with van der Waals surface area (Å²) < 4.78 is 5.24. The summed E-state index contributed by atoms with van der Waals surface area (Å²) in [5.74, 6) is 1.85. The van der Waals surface area contributed by atoms with Crippen LogP contribution >= 0.6 is 0 Å². The number of nitrogens with zero attached hydrogens (tertiary/aromatic N) is 4. The molecule has 0 fully saturated rings. The lowest BCUT2D eigenvalue weighted by Crippen LogP contribution is -2.05. The molecule has 0 unspecified atom stereocenters. The van der Waals surface area contributed by atoms with Gasteiger partial charge in [-0.25, -0.2) is 4.98 Å². The van der Waals surface area contributed by atoms with Crippen molar-refractivity contribution >= 4 is 5.82 Å². The molecular weight excluding hydrogens is 206 g/mol. The first-order valence-electron chi connectivity index (χ1n) is 4.98. The van der Waals surface area contributed by atoms with Gasteiger partial charge in [-0.05, 0) is 13.8 Å². The molecule has 0 aliphatic rings. The molecule has 2 heterocycles. The van der Waals surface area contributed by atoms with Crippen LogP contribution < -0.4 is 5.32 Å². The van der Waals surface area contributed by atoms with Crippen LogP contribution in [0.25, 0.3) is 0 Å². The van der Waals surface area contributed by atoms with Crippen LogP contribution in [0.2, 0.25) is 0 Å². The third-order valence-electron chi connectivity index (χ3n) is 2.05. The molecule has 0 saturated heterocycles. The topological polar surface area (TPSA) is 76.7 Å². The molecule has 2 rings (SSSR count). The Kier molecular flexibility index (Phi) is 2.80. The average molecular weight is 219 g/mol. The van der Waals surface area contributed by atoms with E-state index in [2.05, 4.69) is 25.5 Å². The number of nitrogens with one attached hydrogen (secondary N) is 1. The Balaban J connectivity index is 2.07. The maximum absolute atomic E-state index is 5.24. The van der Waals surface area contributed by atoms with Crippen molar-refractivity contribution in [2.75, 3.05) is 5.32 Å². The standard InChI is InChI=1S/C10H13N5O/c1-6-4-11-7(2)10(13-6)12-5-9-15-14-8(3)16-9/h4H,5H2,1-3H3,(H,12,13). The van der Waals surface area contributed by atoms with Crippen LogP contribution in [0.4, 0.5) is 5.82 Å². The van der Waals surface area contributed by atoms with Gasteiger partial charge in [-0.3, -0.25) is 4.98 Å². The van der Waals surface area contributed by atoms with Gasteiger partial charge in [0.25, 0.3) is 0 Å². The SMILES string of the molecule is Cc1cnc(C)c(NCc2nnc(C)o2)n1. The summed E-state index contributed by atoms with van der Waals surface area (Å²) >= 11 is 0. The molecular formula is C10H13N5O. The molecule has 2 aromatic rings. The smallest absolute Gasteiger partial charge is 0.235 e. The third-order valence-corrected chi connectivity index (χ3v) is 2.05. The van der Waals surface area contributed by atoms with Crippen molar-refractivity contribution in [1.29, 1.82) is 0 Å². The lowest BCUT2D eigenvalue weighted by Gasteiger charge is -2.05. The molecule has 6 nitrogen and oxygen atoms in total. The highest BCUT2D eigenvalue weighted by Gasteiger charge is 2.05. The van der Waals surface area contributed by atoms with E-state index in [-0.39, 0.29) is 0 Å². The second kappa shape index (κ2) is 4.26. The van der Waals surface area contributed by atoms with Crippen molar-refractivity contribution in [1.82, 2.24) is 20.2 Å².